The van der Waals surface area contributed by atoms with Gasteiger partial charge >= 0.3 is 0 Å². The van der Waals surface area contributed by atoms with Crippen LogP contribution in [0.5, 0.6) is 0 Å². The number of halogens is 1. The van der Waals surface area contributed by atoms with E-state index in [1.54, 1.807) is 19.2 Å². The van der Waals surface area contributed by atoms with Gasteiger partial charge in [0.15, 0.2) is 5.82 Å². The predicted molar refractivity (Wildman–Crippen MR) is 101 cm³/mol. The van der Waals surface area contributed by atoms with E-state index in [2.05, 4.69) is 10.4 Å². The van der Waals surface area contributed by atoms with Crippen molar-refractivity contribution in [2.75, 3.05) is 37.4 Å². The van der Waals surface area contributed by atoms with Gasteiger partial charge in [-0.1, -0.05) is 0 Å². The minimum absolute atomic E-state index is 0.0840. The lowest BCUT2D eigenvalue weighted by Crippen LogP contribution is -2.31. The highest BCUT2D eigenvalue weighted by Crippen LogP contribution is 2.31. The van der Waals surface area contributed by atoms with Crippen LogP contribution in [0.15, 0.2) is 34.1 Å². The third kappa shape index (κ3) is 3.62. The fourth-order valence-corrected chi connectivity index (χ4v) is 4.25. The molecule has 0 radical (unpaired) electrons. The van der Waals surface area contributed by atoms with E-state index >= 15 is 0 Å². The Balaban J connectivity index is 1.87. The van der Waals surface area contributed by atoms with Gasteiger partial charge in [-0.05, 0) is 25.1 Å². The summed E-state index contributed by atoms with van der Waals surface area (Å²) in [4.78, 5) is 26.1. The first-order chi connectivity index (χ1) is 13.1. The molecule has 150 valence electrons. The Morgan fingerprint density at radius 2 is 2.00 bits per heavy atom. The molecule has 1 aromatic heterocycles. The fourth-order valence-electron chi connectivity index (χ4n) is 2.83. The van der Waals surface area contributed by atoms with Gasteiger partial charge in [0, 0.05) is 32.9 Å². The molecular weight excluding hydrogens is 389 g/mol. The van der Waals surface area contributed by atoms with Crippen molar-refractivity contribution in [1.82, 2.24) is 14.1 Å². The number of rotatable bonds is 3. The molecule has 9 nitrogen and oxygen atoms in total. The number of nitrogens with zero attached hydrogens (tertiary/aromatic N) is 4. The van der Waals surface area contributed by atoms with E-state index in [0.717, 1.165) is 10.9 Å². The van der Waals surface area contributed by atoms with Gasteiger partial charge in [0.1, 0.15) is 11.4 Å². The first-order valence-corrected chi connectivity index (χ1v) is 9.89. The predicted octanol–water partition coefficient (Wildman–Crippen LogP) is 0.400. The molecule has 1 aromatic carbocycles. The van der Waals surface area contributed by atoms with Crippen molar-refractivity contribution in [3.05, 3.63) is 46.1 Å². The number of hydrogen-bond donors (Lipinski definition) is 1. The molecule has 1 aliphatic heterocycles. The molecule has 1 aliphatic rings. The van der Waals surface area contributed by atoms with Crippen molar-refractivity contribution in [2.45, 2.75) is 18.4 Å². The van der Waals surface area contributed by atoms with E-state index in [9.17, 15) is 22.4 Å². The summed E-state index contributed by atoms with van der Waals surface area (Å²) in [6.45, 7) is 1.75. The van der Waals surface area contributed by atoms with Gasteiger partial charge in [0.25, 0.3) is 5.56 Å². The number of nitrogens with one attached hydrogen (secondary N) is 1. The number of likely N-dealkylation sites (N-methyl/N-ethyl adjacent to an activating group) is 2. The lowest BCUT2D eigenvalue weighted by Gasteiger charge is -2.18. The van der Waals surface area contributed by atoms with Crippen LogP contribution in [0.4, 0.5) is 15.8 Å². The summed E-state index contributed by atoms with van der Waals surface area (Å²) in [5, 5.41) is 6.16. The number of carbonyl (C=O) groups excluding carboxylic acids is 1. The van der Waals surface area contributed by atoms with Crippen molar-refractivity contribution in [1.29, 1.82) is 0 Å². The van der Waals surface area contributed by atoms with Crippen LogP contribution in [0.2, 0.25) is 0 Å². The summed E-state index contributed by atoms with van der Waals surface area (Å²) in [6.07, 6.45) is 0.866. The van der Waals surface area contributed by atoms with Gasteiger partial charge in [0.2, 0.25) is 15.9 Å². The van der Waals surface area contributed by atoms with Crippen LogP contribution in [0.1, 0.15) is 5.56 Å². The maximum absolute atomic E-state index is 13.3. The molecule has 28 heavy (non-hydrogen) atoms. The van der Waals surface area contributed by atoms with Gasteiger partial charge in [-0.15, -0.1) is 0 Å². The molecule has 1 amide bonds. The van der Waals surface area contributed by atoms with Crippen LogP contribution in [0.25, 0.3) is 0 Å². The molecule has 0 saturated heterocycles. The van der Waals surface area contributed by atoms with Crippen LogP contribution in [-0.2, 0) is 21.4 Å². The van der Waals surface area contributed by atoms with Gasteiger partial charge in [-0.3, -0.25) is 9.59 Å². The van der Waals surface area contributed by atoms with E-state index < -0.39 is 33.9 Å². The van der Waals surface area contributed by atoms with Crippen LogP contribution in [-0.4, -0.2) is 55.6 Å². The molecule has 0 aliphatic carbocycles. The normalized spacial score (nSPS) is 16.4. The number of benzene rings is 1. The quantitative estimate of drug-likeness (QED) is 0.787. The number of anilines is 2. The summed E-state index contributed by atoms with van der Waals surface area (Å²) in [5.41, 5.74) is -0.0368. The van der Waals surface area contributed by atoms with Gasteiger partial charge in [0.05, 0.1) is 17.4 Å². The zero-order chi connectivity index (χ0) is 20.6. The van der Waals surface area contributed by atoms with Gasteiger partial charge < -0.3 is 10.2 Å². The molecule has 0 atom stereocenters. The monoisotopic (exact) mass is 409 g/mol. The molecule has 0 saturated carbocycles. The van der Waals surface area contributed by atoms with Crippen LogP contribution in [0.3, 0.4) is 0 Å². The van der Waals surface area contributed by atoms with E-state index in [0.29, 0.717) is 18.8 Å². The molecule has 3 rings (SSSR count). The molecule has 2 aromatic rings. The molecule has 11 heteroatoms. The Kier molecular flexibility index (Phi) is 5.22. The second-order valence-corrected chi connectivity index (χ2v) is 8.57. The summed E-state index contributed by atoms with van der Waals surface area (Å²) >= 11 is 0. The Labute approximate surface area is 161 Å². The van der Waals surface area contributed by atoms with E-state index in [-0.39, 0.29) is 16.1 Å². The van der Waals surface area contributed by atoms with Crippen molar-refractivity contribution < 1.29 is 17.6 Å². The maximum atomic E-state index is 13.3. The highest BCUT2D eigenvalue weighted by molar-refractivity contribution is 7.89. The summed E-state index contributed by atoms with van der Waals surface area (Å²) < 4.78 is 40.8. The minimum Gasteiger partial charge on any atom is -0.372 e. The lowest BCUT2D eigenvalue weighted by atomic mass is 10.2. The van der Waals surface area contributed by atoms with Crippen LogP contribution in [0, 0.1) is 12.7 Å². The fraction of sp³-hybridized carbons (Fsp3) is 0.353. The molecule has 0 spiro atoms. The highest BCUT2D eigenvalue weighted by atomic mass is 32.2. The van der Waals surface area contributed by atoms with Gasteiger partial charge in [-0.2, -0.15) is 9.40 Å². The smallest absolute Gasteiger partial charge is 0.273 e. The average molecular weight is 409 g/mol. The molecular formula is C17H20FN5O4S. The Morgan fingerprint density at radius 3 is 2.71 bits per heavy atom. The van der Waals surface area contributed by atoms with Crippen molar-refractivity contribution in [2.24, 2.45) is 0 Å². The second-order valence-electron chi connectivity index (χ2n) is 6.56. The first-order valence-electron chi connectivity index (χ1n) is 8.45. The second kappa shape index (κ2) is 7.32. The number of sulfonamides is 1. The zero-order valence-electron chi connectivity index (χ0n) is 15.6. The van der Waals surface area contributed by atoms with E-state index in [1.807, 2.05) is 4.90 Å². The maximum Gasteiger partial charge on any atom is 0.273 e. The molecule has 0 unspecified atom stereocenters. The molecule has 0 fully saturated rings. The first kappa shape index (κ1) is 20.0. The largest absolute Gasteiger partial charge is 0.372 e. The zero-order valence-corrected chi connectivity index (χ0v) is 16.5. The van der Waals surface area contributed by atoms with E-state index in [4.69, 9.17) is 0 Å². The topological polar surface area (TPSA) is 105 Å². The summed E-state index contributed by atoms with van der Waals surface area (Å²) in [5.74, 6) is -1.33. The van der Waals surface area contributed by atoms with Crippen molar-refractivity contribution >= 4 is 27.3 Å². The third-order valence-electron chi connectivity index (χ3n) is 4.61. The van der Waals surface area contributed by atoms with Crippen LogP contribution >= 0.6 is 0 Å². The SMILES string of the molecule is Cc1c(F)cnn(CC(=O)Nc2ccc3c(c2)S(=O)(=O)N(C)CCN3C)c1=O. The highest BCUT2D eigenvalue weighted by Gasteiger charge is 2.29. The average Bonchev–Trinajstić information content (AvgIpc) is 2.73. The van der Waals surface area contributed by atoms with Crippen LogP contribution < -0.4 is 15.8 Å². The summed E-state index contributed by atoms with van der Waals surface area (Å²) in [7, 11) is -0.402. The molecule has 0 bridgehead atoms. The number of fused-ring (bicyclic) bond motifs is 1. The van der Waals surface area contributed by atoms with Crippen molar-refractivity contribution in [3.8, 4) is 0 Å². The Morgan fingerprint density at radius 1 is 1.29 bits per heavy atom. The third-order valence-corrected chi connectivity index (χ3v) is 6.50. The Bertz CT molecular complexity index is 1100. The molecule has 1 N–H and O–H groups in total. The minimum atomic E-state index is -3.69. The summed E-state index contributed by atoms with van der Waals surface area (Å²) in [6, 6.07) is 4.58. The van der Waals surface area contributed by atoms with Crippen molar-refractivity contribution in [3.63, 3.8) is 0 Å². The standard InChI is InChI=1S/C17H20FN5O4S/c1-11-13(18)9-19-23(17(11)25)10-16(24)20-12-4-5-14-15(8-12)28(26,27)22(3)7-6-21(14)2/h4-5,8-9H,6-7,10H2,1-3H3,(H,20,24). The Hall–Kier alpha value is -2.79. The number of hydrogen-bond acceptors (Lipinski definition) is 6. The lowest BCUT2D eigenvalue weighted by molar-refractivity contribution is -0.117. The number of aromatic nitrogens is 2. The van der Waals surface area contributed by atoms with E-state index in [1.165, 1.54) is 24.3 Å². The number of amides is 1. The number of carbonyl (C=O) groups is 1. The van der Waals surface area contributed by atoms with Gasteiger partial charge in [-0.25, -0.2) is 17.5 Å². The molecule has 2 heterocycles.